The molecule has 0 bridgehead atoms. The third-order valence-corrected chi connectivity index (χ3v) is 4.39. The Bertz CT molecular complexity index is 940. The summed E-state index contributed by atoms with van der Waals surface area (Å²) >= 11 is 0. The third kappa shape index (κ3) is 4.61. The molecule has 26 heavy (non-hydrogen) atoms. The lowest BCUT2D eigenvalue weighted by molar-refractivity contribution is 0.282. The van der Waals surface area contributed by atoms with E-state index in [1.165, 1.54) is 16.3 Å². The van der Waals surface area contributed by atoms with Crippen LogP contribution in [0.4, 0.5) is 0 Å². The van der Waals surface area contributed by atoms with Gasteiger partial charge in [0.2, 0.25) is 0 Å². The van der Waals surface area contributed by atoms with Crippen molar-refractivity contribution in [3.8, 4) is 11.8 Å². The van der Waals surface area contributed by atoms with Gasteiger partial charge in [-0.05, 0) is 47.0 Å². The van der Waals surface area contributed by atoms with Crippen LogP contribution in [0.3, 0.4) is 0 Å². The molecule has 2 nitrogen and oxygen atoms in total. The van der Waals surface area contributed by atoms with Gasteiger partial charge >= 0.3 is 0 Å². The molecule has 2 N–H and O–H groups in total. The van der Waals surface area contributed by atoms with Gasteiger partial charge in [0, 0.05) is 18.2 Å². The van der Waals surface area contributed by atoms with Crippen molar-refractivity contribution in [3.05, 3.63) is 95.6 Å². The summed E-state index contributed by atoms with van der Waals surface area (Å²) in [4.78, 5) is 0. The van der Waals surface area contributed by atoms with Crippen LogP contribution in [0.5, 0.6) is 0 Å². The van der Waals surface area contributed by atoms with E-state index in [2.05, 4.69) is 66.5 Å². The van der Waals surface area contributed by atoms with Crippen molar-refractivity contribution < 1.29 is 5.11 Å². The first-order valence-corrected chi connectivity index (χ1v) is 8.85. The number of hydrogen-bond acceptors (Lipinski definition) is 2. The van der Waals surface area contributed by atoms with Gasteiger partial charge in [0.05, 0.1) is 6.61 Å². The topological polar surface area (TPSA) is 32.3 Å². The average Bonchev–Trinajstić information content (AvgIpc) is 2.70. The van der Waals surface area contributed by atoms with Crippen LogP contribution in [0.1, 0.15) is 29.7 Å². The number of rotatable bonds is 5. The molecule has 2 heteroatoms. The van der Waals surface area contributed by atoms with Gasteiger partial charge in [0.1, 0.15) is 0 Å². The number of fused-ring (bicyclic) bond motifs is 1. The molecule has 0 unspecified atom stereocenters. The minimum Gasteiger partial charge on any atom is -0.392 e. The lowest BCUT2D eigenvalue weighted by Gasteiger charge is -2.15. The molecule has 3 aromatic rings. The van der Waals surface area contributed by atoms with Gasteiger partial charge in [-0.15, -0.1) is 0 Å². The molecule has 3 rings (SSSR count). The van der Waals surface area contributed by atoms with E-state index in [9.17, 15) is 0 Å². The molecule has 0 saturated carbocycles. The van der Waals surface area contributed by atoms with Gasteiger partial charge in [-0.2, -0.15) is 0 Å². The van der Waals surface area contributed by atoms with E-state index in [4.69, 9.17) is 5.11 Å². The van der Waals surface area contributed by atoms with Crippen molar-refractivity contribution in [1.29, 1.82) is 0 Å². The fourth-order valence-electron chi connectivity index (χ4n) is 2.92. The number of benzene rings is 3. The highest BCUT2D eigenvalue weighted by atomic mass is 16.3. The number of hydrogen-bond donors (Lipinski definition) is 2. The van der Waals surface area contributed by atoms with Crippen LogP contribution in [-0.2, 0) is 6.61 Å². The van der Waals surface area contributed by atoms with Crippen molar-refractivity contribution in [3.63, 3.8) is 0 Å². The van der Waals surface area contributed by atoms with Gasteiger partial charge in [-0.1, -0.05) is 72.5 Å². The van der Waals surface area contributed by atoms with E-state index in [1.807, 2.05) is 36.4 Å². The summed E-state index contributed by atoms with van der Waals surface area (Å²) in [6.07, 6.45) is 3.92. The molecule has 0 saturated heterocycles. The second kappa shape index (κ2) is 9.01. The first kappa shape index (κ1) is 17.9. The highest BCUT2D eigenvalue weighted by Gasteiger charge is 2.07. The Labute approximate surface area is 155 Å². The lowest BCUT2D eigenvalue weighted by Crippen LogP contribution is -2.18. The predicted molar refractivity (Wildman–Crippen MR) is 109 cm³/mol. The number of allylic oxidation sites excluding steroid dienone is 1. The van der Waals surface area contributed by atoms with Crippen LogP contribution in [0.2, 0.25) is 0 Å². The van der Waals surface area contributed by atoms with Gasteiger partial charge in [-0.25, -0.2) is 0 Å². The second-order valence-electron chi connectivity index (χ2n) is 6.23. The predicted octanol–water partition coefficient (Wildman–Crippen LogP) is 4.59. The van der Waals surface area contributed by atoms with E-state index in [0.717, 1.165) is 17.7 Å². The summed E-state index contributed by atoms with van der Waals surface area (Å²) in [7, 11) is 0. The Morgan fingerprint density at radius 3 is 2.58 bits per heavy atom. The molecule has 0 aliphatic rings. The van der Waals surface area contributed by atoms with E-state index < -0.39 is 0 Å². The van der Waals surface area contributed by atoms with Crippen LogP contribution in [0.25, 0.3) is 10.8 Å². The third-order valence-electron chi connectivity index (χ3n) is 4.39. The molecular weight excluding hydrogens is 318 g/mol. The van der Waals surface area contributed by atoms with Crippen LogP contribution < -0.4 is 5.32 Å². The molecule has 0 radical (unpaired) electrons. The Morgan fingerprint density at radius 1 is 1.00 bits per heavy atom. The van der Waals surface area contributed by atoms with E-state index >= 15 is 0 Å². The molecule has 3 aromatic carbocycles. The second-order valence-corrected chi connectivity index (χ2v) is 6.23. The van der Waals surface area contributed by atoms with Gasteiger partial charge < -0.3 is 10.4 Å². The molecule has 0 amide bonds. The number of aliphatic hydroxyl groups is 1. The Hall–Kier alpha value is -2.86. The number of nitrogens with one attached hydrogen (secondary N) is 1. The molecule has 0 heterocycles. The molecule has 1 atom stereocenters. The smallest absolute Gasteiger partial charge is 0.0681 e. The normalized spacial score (nSPS) is 12.1. The molecule has 130 valence electrons. The Balaban J connectivity index is 1.55. The van der Waals surface area contributed by atoms with Gasteiger partial charge in [0.15, 0.2) is 0 Å². The fraction of sp³-hybridized carbons (Fsp3) is 0.167. The van der Waals surface area contributed by atoms with Crippen molar-refractivity contribution in [2.75, 3.05) is 6.54 Å². The zero-order chi connectivity index (χ0) is 18.2. The largest absolute Gasteiger partial charge is 0.392 e. The summed E-state index contributed by atoms with van der Waals surface area (Å²) < 4.78 is 0. The zero-order valence-electron chi connectivity index (χ0n) is 14.9. The van der Waals surface area contributed by atoms with Crippen molar-refractivity contribution in [2.24, 2.45) is 0 Å². The van der Waals surface area contributed by atoms with E-state index in [1.54, 1.807) is 0 Å². The highest BCUT2D eigenvalue weighted by Crippen LogP contribution is 2.23. The number of aliphatic hydroxyl groups excluding tert-OH is 1. The lowest BCUT2D eigenvalue weighted by atomic mass is 10.00. The van der Waals surface area contributed by atoms with Crippen molar-refractivity contribution in [2.45, 2.75) is 19.6 Å². The SMILES string of the molecule is C[C@@H](NC/C=C/C#Cc1ccc(CO)cc1)c1cccc2ccccc12. The van der Waals surface area contributed by atoms with Crippen LogP contribution in [0.15, 0.2) is 78.9 Å². The van der Waals surface area contributed by atoms with Crippen LogP contribution in [0, 0.1) is 11.8 Å². The molecule has 0 aromatic heterocycles. The summed E-state index contributed by atoms with van der Waals surface area (Å²) in [6.45, 7) is 3.01. The van der Waals surface area contributed by atoms with E-state index in [-0.39, 0.29) is 12.6 Å². The van der Waals surface area contributed by atoms with Gasteiger partial charge in [-0.3, -0.25) is 0 Å². The molecule has 0 aliphatic heterocycles. The maximum absolute atomic E-state index is 9.03. The fourth-order valence-corrected chi connectivity index (χ4v) is 2.92. The standard InChI is InChI=1S/C24H23NO/c1-19(23-12-7-10-22-9-4-5-11-24(22)23)25-17-6-2-3-8-20-13-15-21(18-26)16-14-20/h2,4-7,9-16,19,25-26H,17-18H2,1H3/b6-2+/t19-/m1/s1. The first-order chi connectivity index (χ1) is 12.8. The van der Waals surface area contributed by atoms with Crippen LogP contribution >= 0.6 is 0 Å². The maximum atomic E-state index is 9.03. The molecule has 0 spiro atoms. The van der Waals surface area contributed by atoms with Crippen molar-refractivity contribution in [1.82, 2.24) is 5.32 Å². The van der Waals surface area contributed by atoms with Crippen molar-refractivity contribution >= 4 is 10.8 Å². The van der Waals surface area contributed by atoms with E-state index in [0.29, 0.717) is 0 Å². The van der Waals surface area contributed by atoms with Crippen LogP contribution in [-0.4, -0.2) is 11.7 Å². The minimum atomic E-state index is 0.0637. The summed E-state index contributed by atoms with van der Waals surface area (Å²) in [5, 5.41) is 15.1. The Morgan fingerprint density at radius 2 is 1.77 bits per heavy atom. The summed E-state index contributed by atoms with van der Waals surface area (Å²) in [5.74, 6) is 6.14. The zero-order valence-corrected chi connectivity index (χ0v) is 14.9. The minimum absolute atomic E-state index is 0.0637. The molecule has 0 fully saturated rings. The average molecular weight is 341 g/mol. The molecular formula is C24H23NO. The first-order valence-electron chi connectivity index (χ1n) is 8.85. The maximum Gasteiger partial charge on any atom is 0.0681 e. The summed E-state index contributed by atoms with van der Waals surface area (Å²) in [5.41, 5.74) is 3.16. The Kier molecular flexibility index (Phi) is 6.22. The quantitative estimate of drug-likeness (QED) is 0.665. The highest BCUT2D eigenvalue weighted by molar-refractivity contribution is 5.86. The molecule has 0 aliphatic carbocycles. The van der Waals surface area contributed by atoms with Gasteiger partial charge in [0.25, 0.3) is 0 Å². The monoisotopic (exact) mass is 341 g/mol. The summed E-state index contributed by atoms with van der Waals surface area (Å²) in [6, 6.07) is 22.8.